The number of carbonyl (C=O) groups is 4. The number of carbonyl (C=O) groups excluding carboxylic acids is 4. The minimum absolute atomic E-state index is 0.126. The number of thiazole rings is 1. The molecule has 0 saturated carbocycles. The van der Waals surface area contributed by atoms with E-state index in [2.05, 4.69) is 15.6 Å². The Morgan fingerprint density at radius 2 is 2.07 bits per heavy atom. The molecule has 0 spiro atoms. The van der Waals surface area contributed by atoms with Crippen LogP contribution in [0.5, 0.6) is 0 Å². The molecule has 10 nitrogen and oxygen atoms in total. The molecule has 1 fully saturated rings. The summed E-state index contributed by atoms with van der Waals surface area (Å²) in [7, 11) is 0. The van der Waals surface area contributed by atoms with Crippen molar-refractivity contribution in [3.63, 3.8) is 0 Å². The first kappa shape index (κ1) is 23.7. The number of nitrogens with zero attached hydrogens (tertiary/aromatic N) is 2. The maximum Gasteiger partial charge on any atom is 0.274 e. The molecule has 0 aromatic carbocycles. The Kier molecular flexibility index (Phi) is 8.30. The van der Waals surface area contributed by atoms with Gasteiger partial charge < -0.3 is 26.4 Å². The summed E-state index contributed by atoms with van der Waals surface area (Å²) in [6.07, 6.45) is 0.951. The number of aryl methyl sites for hydroxylation is 1. The van der Waals surface area contributed by atoms with Crippen molar-refractivity contribution in [3.05, 3.63) is 16.1 Å². The molecule has 3 atom stereocenters. The van der Waals surface area contributed by atoms with E-state index < -0.39 is 42.5 Å². The maximum atomic E-state index is 13.1. The van der Waals surface area contributed by atoms with Crippen LogP contribution in [0, 0.1) is 12.8 Å². The molecule has 1 aromatic rings. The average molecular weight is 440 g/mol. The second-order valence-corrected chi connectivity index (χ2v) is 8.87. The number of hydrogen-bond donors (Lipinski definition) is 4. The predicted molar refractivity (Wildman–Crippen MR) is 111 cm³/mol. The van der Waals surface area contributed by atoms with Crippen molar-refractivity contribution in [2.75, 3.05) is 13.2 Å². The van der Waals surface area contributed by atoms with Gasteiger partial charge in [-0.2, -0.15) is 0 Å². The number of nitrogens with one attached hydrogen (secondary N) is 2. The zero-order valence-corrected chi connectivity index (χ0v) is 18.2. The van der Waals surface area contributed by atoms with Gasteiger partial charge in [-0.15, -0.1) is 11.3 Å². The van der Waals surface area contributed by atoms with Gasteiger partial charge in [0.25, 0.3) is 5.91 Å². The lowest BCUT2D eigenvalue weighted by Gasteiger charge is -2.39. The molecule has 0 radical (unpaired) electrons. The van der Waals surface area contributed by atoms with E-state index in [9.17, 15) is 19.2 Å². The Morgan fingerprint density at radius 1 is 1.37 bits per heavy atom. The number of aliphatic hydroxyl groups is 1. The number of hydrogen-bond acceptors (Lipinski definition) is 7. The Morgan fingerprint density at radius 3 is 2.60 bits per heavy atom. The summed E-state index contributed by atoms with van der Waals surface area (Å²) in [5, 5.41) is 16.7. The fourth-order valence-corrected chi connectivity index (χ4v) is 4.04. The summed E-state index contributed by atoms with van der Waals surface area (Å²) in [5.41, 5.74) is 5.69. The minimum atomic E-state index is -0.911. The van der Waals surface area contributed by atoms with Gasteiger partial charge in [0.2, 0.25) is 17.7 Å². The number of aromatic nitrogens is 1. The highest BCUT2D eigenvalue weighted by Crippen LogP contribution is 2.22. The SMILES string of the molecule is Cc1nc(C(=O)N2CC[C@H](NC(=O)CO)C[C@H]2C(=O)N[C@H](CC(C)C)C(N)=O)cs1. The topological polar surface area (TPSA) is 155 Å². The number of rotatable bonds is 8. The van der Waals surface area contributed by atoms with Crippen LogP contribution >= 0.6 is 11.3 Å². The standard InChI is InChI=1S/C19H29N5O5S/c1-10(2)6-13(17(20)27)23-18(28)15-7-12(22-16(26)8-25)4-5-24(15)19(29)14-9-30-11(3)21-14/h9-10,12-13,15,25H,4-8H2,1-3H3,(H2,20,27)(H,22,26)(H,23,28)/t12-,13+,15-/m0/s1. The molecule has 1 saturated heterocycles. The highest BCUT2D eigenvalue weighted by molar-refractivity contribution is 7.09. The fourth-order valence-electron chi connectivity index (χ4n) is 3.46. The highest BCUT2D eigenvalue weighted by Gasteiger charge is 2.38. The van der Waals surface area contributed by atoms with Crippen molar-refractivity contribution in [1.29, 1.82) is 0 Å². The Balaban J connectivity index is 2.22. The van der Waals surface area contributed by atoms with Crippen molar-refractivity contribution in [2.24, 2.45) is 11.7 Å². The molecule has 1 aliphatic heterocycles. The zero-order valence-electron chi connectivity index (χ0n) is 17.4. The number of amides is 4. The third kappa shape index (κ3) is 6.23. The minimum Gasteiger partial charge on any atom is -0.387 e. The first-order valence-corrected chi connectivity index (χ1v) is 10.7. The predicted octanol–water partition coefficient (Wildman–Crippen LogP) is -0.451. The molecule has 30 heavy (non-hydrogen) atoms. The number of likely N-dealkylation sites (tertiary alicyclic amines) is 1. The monoisotopic (exact) mass is 439 g/mol. The van der Waals surface area contributed by atoms with Gasteiger partial charge in [-0.25, -0.2) is 4.98 Å². The van der Waals surface area contributed by atoms with E-state index in [0.717, 1.165) is 5.01 Å². The lowest BCUT2D eigenvalue weighted by atomic mass is 9.95. The molecule has 1 aromatic heterocycles. The van der Waals surface area contributed by atoms with Gasteiger partial charge in [0.1, 0.15) is 24.4 Å². The van der Waals surface area contributed by atoms with Crippen molar-refractivity contribution in [2.45, 2.75) is 58.2 Å². The molecule has 2 heterocycles. The smallest absolute Gasteiger partial charge is 0.274 e. The van der Waals surface area contributed by atoms with E-state index in [1.165, 1.54) is 16.2 Å². The lowest BCUT2D eigenvalue weighted by molar-refractivity contribution is -0.132. The Hall–Kier alpha value is -2.53. The number of primary amides is 1. The van der Waals surface area contributed by atoms with Gasteiger partial charge in [-0.3, -0.25) is 19.2 Å². The van der Waals surface area contributed by atoms with Gasteiger partial charge in [-0.05, 0) is 32.1 Å². The number of aliphatic hydroxyl groups excluding tert-OH is 1. The summed E-state index contributed by atoms with van der Waals surface area (Å²) < 4.78 is 0. The third-order valence-corrected chi connectivity index (χ3v) is 5.65. The van der Waals surface area contributed by atoms with Crippen LogP contribution in [-0.4, -0.2) is 69.9 Å². The molecule has 0 aliphatic carbocycles. The molecule has 11 heteroatoms. The van der Waals surface area contributed by atoms with Gasteiger partial charge in [0, 0.05) is 18.0 Å². The summed E-state index contributed by atoms with van der Waals surface area (Å²) in [6, 6.07) is -2.16. The Bertz CT molecular complexity index is 796. The quantitative estimate of drug-likeness (QED) is 0.430. The highest BCUT2D eigenvalue weighted by atomic mass is 32.1. The average Bonchev–Trinajstić information content (AvgIpc) is 3.12. The first-order valence-electron chi connectivity index (χ1n) is 9.85. The van der Waals surface area contributed by atoms with E-state index in [0.29, 0.717) is 12.8 Å². The van der Waals surface area contributed by atoms with Crippen LogP contribution in [0.4, 0.5) is 0 Å². The Labute approximate surface area is 179 Å². The van der Waals surface area contributed by atoms with Gasteiger partial charge >= 0.3 is 0 Å². The molecule has 0 unspecified atom stereocenters. The molecular formula is C19H29N5O5S. The van der Waals surface area contributed by atoms with Gasteiger partial charge in [0.05, 0.1) is 5.01 Å². The molecule has 5 N–H and O–H groups in total. The van der Waals surface area contributed by atoms with Gasteiger partial charge in [-0.1, -0.05) is 13.8 Å². The van der Waals surface area contributed by atoms with Crippen molar-refractivity contribution in [1.82, 2.24) is 20.5 Å². The largest absolute Gasteiger partial charge is 0.387 e. The molecule has 2 rings (SSSR count). The van der Waals surface area contributed by atoms with E-state index in [-0.39, 0.29) is 30.5 Å². The van der Waals surface area contributed by atoms with Crippen LogP contribution in [0.2, 0.25) is 0 Å². The number of nitrogens with two attached hydrogens (primary N) is 1. The van der Waals surface area contributed by atoms with E-state index >= 15 is 0 Å². The molecular weight excluding hydrogens is 410 g/mol. The lowest BCUT2D eigenvalue weighted by Crippen LogP contribution is -2.59. The van der Waals surface area contributed by atoms with E-state index in [1.807, 2.05) is 13.8 Å². The molecule has 1 aliphatic rings. The van der Waals surface area contributed by atoms with Crippen molar-refractivity contribution >= 4 is 35.0 Å². The third-order valence-electron chi connectivity index (χ3n) is 4.88. The fraction of sp³-hybridized carbons (Fsp3) is 0.632. The summed E-state index contributed by atoms with van der Waals surface area (Å²) in [6.45, 7) is 5.15. The van der Waals surface area contributed by atoms with Crippen LogP contribution in [-0.2, 0) is 14.4 Å². The van der Waals surface area contributed by atoms with E-state index in [4.69, 9.17) is 10.8 Å². The van der Waals surface area contributed by atoms with Gasteiger partial charge in [0.15, 0.2) is 0 Å². The zero-order chi connectivity index (χ0) is 22.4. The van der Waals surface area contributed by atoms with Crippen LogP contribution in [0.1, 0.15) is 48.6 Å². The van der Waals surface area contributed by atoms with Crippen LogP contribution in [0.3, 0.4) is 0 Å². The van der Waals surface area contributed by atoms with Crippen LogP contribution < -0.4 is 16.4 Å². The second kappa shape index (κ2) is 10.5. The molecule has 166 valence electrons. The summed E-state index contributed by atoms with van der Waals surface area (Å²) in [4.78, 5) is 55.0. The molecule has 0 bridgehead atoms. The maximum absolute atomic E-state index is 13.1. The normalized spacial score (nSPS) is 20.0. The van der Waals surface area contributed by atoms with E-state index in [1.54, 1.807) is 12.3 Å². The van der Waals surface area contributed by atoms with Crippen molar-refractivity contribution in [3.8, 4) is 0 Å². The summed E-state index contributed by atoms with van der Waals surface area (Å²) in [5.74, 6) is -1.97. The number of piperidine rings is 1. The van der Waals surface area contributed by atoms with Crippen LogP contribution in [0.25, 0.3) is 0 Å². The van der Waals surface area contributed by atoms with Crippen LogP contribution in [0.15, 0.2) is 5.38 Å². The molecule has 4 amide bonds. The first-order chi connectivity index (χ1) is 14.1. The second-order valence-electron chi connectivity index (χ2n) is 7.81. The van der Waals surface area contributed by atoms with Crippen molar-refractivity contribution < 1.29 is 24.3 Å². The summed E-state index contributed by atoms with van der Waals surface area (Å²) >= 11 is 1.33.